The summed E-state index contributed by atoms with van der Waals surface area (Å²) in [7, 11) is -1.47. The van der Waals surface area contributed by atoms with Crippen LogP contribution in [0.4, 0.5) is 0 Å². The summed E-state index contributed by atoms with van der Waals surface area (Å²) in [6, 6.07) is 0. The zero-order valence-electron chi connectivity index (χ0n) is 13.5. The number of allylic oxidation sites excluding steroid dienone is 2. The van der Waals surface area contributed by atoms with Gasteiger partial charge in [-0.1, -0.05) is 40.5 Å². The molecule has 0 saturated carbocycles. The lowest BCUT2D eigenvalue weighted by Crippen LogP contribution is -2.33. The summed E-state index contributed by atoms with van der Waals surface area (Å²) in [6.45, 7) is 16.3. The van der Waals surface area contributed by atoms with Crippen LogP contribution in [0.2, 0.25) is 19.6 Å². The van der Waals surface area contributed by atoms with Gasteiger partial charge in [-0.05, 0) is 49.4 Å². The summed E-state index contributed by atoms with van der Waals surface area (Å²) in [6.07, 6.45) is 8.76. The Balaban J connectivity index is 2.88. The first-order valence-electron chi connectivity index (χ1n) is 7.46. The van der Waals surface area contributed by atoms with Crippen LogP contribution in [0.3, 0.4) is 0 Å². The number of unbranched alkanes of at least 4 members (excludes halogenated alkanes) is 1. The Kier molecular flexibility index (Phi) is 4.74. The summed E-state index contributed by atoms with van der Waals surface area (Å²) in [4.78, 5) is 0. The molecule has 18 heavy (non-hydrogen) atoms. The SMILES string of the molecule is CCCCC1(C)C=C(O[Si](C)(C)C)CC(C)(C)C1. The van der Waals surface area contributed by atoms with Crippen molar-refractivity contribution in [2.24, 2.45) is 10.8 Å². The third-order valence-corrected chi connectivity index (χ3v) is 4.46. The van der Waals surface area contributed by atoms with E-state index in [2.05, 4.69) is 53.4 Å². The summed E-state index contributed by atoms with van der Waals surface area (Å²) >= 11 is 0. The van der Waals surface area contributed by atoms with Crippen molar-refractivity contribution in [1.29, 1.82) is 0 Å². The molecule has 1 nitrogen and oxygen atoms in total. The van der Waals surface area contributed by atoms with E-state index in [1.165, 1.54) is 31.4 Å². The van der Waals surface area contributed by atoms with Crippen molar-refractivity contribution in [3.63, 3.8) is 0 Å². The molecule has 0 fully saturated rings. The smallest absolute Gasteiger partial charge is 0.241 e. The monoisotopic (exact) mass is 268 g/mol. The van der Waals surface area contributed by atoms with Gasteiger partial charge in [-0.3, -0.25) is 0 Å². The van der Waals surface area contributed by atoms with Gasteiger partial charge in [0.25, 0.3) is 0 Å². The van der Waals surface area contributed by atoms with Gasteiger partial charge < -0.3 is 4.43 Å². The van der Waals surface area contributed by atoms with Crippen LogP contribution in [-0.4, -0.2) is 8.32 Å². The van der Waals surface area contributed by atoms with E-state index in [4.69, 9.17) is 4.43 Å². The summed E-state index contributed by atoms with van der Waals surface area (Å²) in [5.74, 6) is 1.27. The maximum Gasteiger partial charge on any atom is 0.241 e. The summed E-state index contributed by atoms with van der Waals surface area (Å²) in [5, 5.41) is 0. The van der Waals surface area contributed by atoms with Gasteiger partial charge in [-0.25, -0.2) is 0 Å². The first kappa shape index (κ1) is 15.8. The lowest BCUT2D eigenvalue weighted by molar-refractivity contribution is 0.156. The molecule has 0 aromatic carbocycles. The minimum atomic E-state index is -1.47. The van der Waals surface area contributed by atoms with Crippen LogP contribution in [0.15, 0.2) is 11.8 Å². The van der Waals surface area contributed by atoms with Crippen molar-refractivity contribution >= 4 is 8.32 Å². The van der Waals surface area contributed by atoms with Gasteiger partial charge in [0.1, 0.15) is 0 Å². The fraction of sp³-hybridized carbons (Fsp3) is 0.875. The normalized spacial score (nSPS) is 27.8. The van der Waals surface area contributed by atoms with E-state index in [1.54, 1.807) is 0 Å². The van der Waals surface area contributed by atoms with Crippen molar-refractivity contribution in [1.82, 2.24) is 0 Å². The van der Waals surface area contributed by atoms with Crippen molar-refractivity contribution in [2.75, 3.05) is 0 Å². The summed E-state index contributed by atoms with van der Waals surface area (Å²) in [5.41, 5.74) is 0.721. The molecular weight excluding hydrogens is 236 g/mol. The van der Waals surface area contributed by atoms with Crippen molar-refractivity contribution in [3.8, 4) is 0 Å². The van der Waals surface area contributed by atoms with Crippen LogP contribution < -0.4 is 0 Å². The third-order valence-electron chi connectivity index (χ3n) is 3.58. The molecule has 2 heteroatoms. The Morgan fingerprint density at radius 3 is 2.33 bits per heavy atom. The zero-order chi connectivity index (χ0) is 14.0. The maximum atomic E-state index is 6.29. The molecule has 0 aromatic heterocycles. The second-order valence-corrected chi connectivity index (χ2v) is 12.5. The highest BCUT2D eigenvalue weighted by atomic mass is 28.4. The van der Waals surface area contributed by atoms with Crippen LogP contribution in [0.25, 0.3) is 0 Å². The van der Waals surface area contributed by atoms with Gasteiger partial charge in [0, 0.05) is 6.42 Å². The Morgan fingerprint density at radius 1 is 1.22 bits per heavy atom. The van der Waals surface area contributed by atoms with Crippen LogP contribution in [0.5, 0.6) is 0 Å². The van der Waals surface area contributed by atoms with Crippen LogP contribution in [-0.2, 0) is 4.43 Å². The molecule has 0 saturated heterocycles. The van der Waals surface area contributed by atoms with Gasteiger partial charge in [-0.2, -0.15) is 0 Å². The topological polar surface area (TPSA) is 9.23 Å². The Morgan fingerprint density at radius 2 is 1.83 bits per heavy atom. The minimum absolute atomic E-state index is 0.340. The Labute approximate surface area is 115 Å². The highest BCUT2D eigenvalue weighted by Crippen LogP contribution is 2.47. The van der Waals surface area contributed by atoms with Crippen LogP contribution in [0.1, 0.15) is 59.8 Å². The van der Waals surface area contributed by atoms with Gasteiger partial charge in [0.05, 0.1) is 5.76 Å². The third kappa shape index (κ3) is 5.17. The van der Waals surface area contributed by atoms with Crippen LogP contribution >= 0.6 is 0 Å². The second kappa shape index (κ2) is 5.40. The number of hydrogen-bond donors (Lipinski definition) is 0. The fourth-order valence-electron chi connectivity index (χ4n) is 3.32. The molecule has 0 aliphatic heterocycles. The van der Waals surface area contributed by atoms with E-state index in [0.29, 0.717) is 10.8 Å². The first-order valence-corrected chi connectivity index (χ1v) is 10.9. The molecule has 0 radical (unpaired) electrons. The van der Waals surface area contributed by atoms with Crippen molar-refractivity contribution in [2.45, 2.75) is 79.4 Å². The van der Waals surface area contributed by atoms with Crippen molar-refractivity contribution in [3.05, 3.63) is 11.8 Å². The molecule has 106 valence electrons. The lowest BCUT2D eigenvalue weighted by atomic mass is 9.66. The number of rotatable bonds is 5. The van der Waals surface area contributed by atoms with Gasteiger partial charge in [0.2, 0.25) is 8.32 Å². The predicted molar refractivity (Wildman–Crippen MR) is 83.2 cm³/mol. The second-order valence-electron chi connectivity index (χ2n) is 8.10. The Bertz CT molecular complexity index is 312. The number of hydrogen-bond acceptors (Lipinski definition) is 1. The highest BCUT2D eigenvalue weighted by molar-refractivity contribution is 6.70. The molecule has 1 rings (SSSR count). The first-order chi connectivity index (χ1) is 8.05. The molecule has 0 heterocycles. The van der Waals surface area contributed by atoms with E-state index < -0.39 is 8.32 Å². The molecule has 1 aliphatic carbocycles. The average molecular weight is 269 g/mol. The molecule has 0 spiro atoms. The highest BCUT2D eigenvalue weighted by Gasteiger charge is 2.37. The molecule has 1 aliphatic rings. The minimum Gasteiger partial charge on any atom is -0.548 e. The molecule has 0 amide bonds. The molecule has 0 aromatic rings. The molecule has 0 N–H and O–H groups in total. The maximum absolute atomic E-state index is 6.29. The van der Waals surface area contributed by atoms with Gasteiger partial charge in [-0.15, -0.1) is 0 Å². The quantitative estimate of drug-likeness (QED) is 0.578. The molecular formula is C16H32OSi. The van der Waals surface area contributed by atoms with E-state index in [0.717, 1.165) is 6.42 Å². The standard InChI is InChI=1S/C16H32OSi/c1-8-9-10-16(4)12-14(17-18(5,6)7)11-15(2,3)13-16/h12H,8-11,13H2,1-7H3. The van der Waals surface area contributed by atoms with Crippen LogP contribution in [0, 0.1) is 10.8 Å². The average Bonchev–Trinajstić information content (AvgIpc) is 2.08. The molecule has 0 bridgehead atoms. The fourth-order valence-corrected chi connectivity index (χ4v) is 4.24. The summed E-state index contributed by atoms with van der Waals surface area (Å²) < 4.78 is 6.29. The van der Waals surface area contributed by atoms with E-state index in [9.17, 15) is 0 Å². The largest absolute Gasteiger partial charge is 0.548 e. The zero-order valence-corrected chi connectivity index (χ0v) is 14.5. The lowest BCUT2D eigenvalue weighted by Gasteiger charge is -2.42. The van der Waals surface area contributed by atoms with E-state index >= 15 is 0 Å². The molecule has 1 unspecified atom stereocenters. The van der Waals surface area contributed by atoms with E-state index in [1.807, 2.05) is 0 Å². The van der Waals surface area contributed by atoms with E-state index in [-0.39, 0.29) is 0 Å². The van der Waals surface area contributed by atoms with Gasteiger partial charge in [0.15, 0.2) is 0 Å². The Hall–Kier alpha value is -0.243. The predicted octanol–water partition coefficient (Wildman–Crippen LogP) is 5.74. The van der Waals surface area contributed by atoms with Crippen molar-refractivity contribution < 1.29 is 4.43 Å². The molecule has 1 atom stereocenters. The van der Waals surface area contributed by atoms with Gasteiger partial charge >= 0.3 is 0 Å².